The molecule has 28 nitrogen and oxygen atoms in total. The molecule has 32 heteroatoms. The lowest BCUT2D eigenvalue weighted by molar-refractivity contribution is -0.120. The number of benzene rings is 5. The van der Waals surface area contributed by atoms with Gasteiger partial charge in [-0.15, -0.1) is 86.1 Å². The highest BCUT2D eigenvalue weighted by Crippen LogP contribution is 2.47. The van der Waals surface area contributed by atoms with Gasteiger partial charge in [-0.3, -0.25) is 57.4 Å². The van der Waals surface area contributed by atoms with Crippen molar-refractivity contribution in [2.75, 3.05) is 0 Å². The van der Waals surface area contributed by atoms with Crippen molar-refractivity contribution in [2.24, 2.45) is 31.8 Å². The summed E-state index contributed by atoms with van der Waals surface area (Å²) in [4.78, 5) is 105. The fourth-order valence-electron chi connectivity index (χ4n) is 17.0. The van der Waals surface area contributed by atoms with E-state index >= 15 is 0 Å². The minimum atomic E-state index is -0.516. The Morgan fingerprint density at radius 1 is 0.333 bits per heavy atom. The van der Waals surface area contributed by atoms with Crippen molar-refractivity contribution in [3.63, 3.8) is 0 Å². The van der Waals surface area contributed by atoms with Crippen LogP contribution in [0.4, 0.5) is 22.7 Å². The van der Waals surface area contributed by atoms with Gasteiger partial charge in [-0.05, 0) is 143 Å². The molecule has 0 bridgehead atoms. The minimum absolute atomic E-state index is 0.0724. The van der Waals surface area contributed by atoms with Gasteiger partial charge in [0, 0.05) is 73.6 Å². The van der Waals surface area contributed by atoms with Crippen LogP contribution in [0.25, 0.3) is 58.8 Å². The maximum Gasteiger partial charge on any atom is 0.249 e. The first-order valence-electron chi connectivity index (χ1n) is 45.4. The Morgan fingerprint density at radius 3 is 0.812 bits per heavy atom. The molecule has 0 fully saturated rings. The number of aryl methyl sites for hydroxylation is 5. The highest BCUT2D eigenvalue weighted by Gasteiger charge is 2.40. The number of aromatic nitrogens is 12. The van der Waals surface area contributed by atoms with Crippen LogP contribution < -0.4 is 0 Å². The van der Waals surface area contributed by atoms with E-state index in [1.165, 1.54) is 0 Å². The second-order valence-corrected chi connectivity index (χ2v) is 39.4. The lowest BCUT2D eigenvalue weighted by atomic mass is 9.98. The Kier molecular flexibility index (Phi) is 31.5. The third-order valence-corrected chi connectivity index (χ3v) is 29.4. The molecule has 13 aromatic rings. The number of carbonyl (C=O) groups is 4. The Morgan fingerprint density at radius 2 is 0.580 bits per heavy atom. The van der Waals surface area contributed by atoms with Gasteiger partial charge < -0.3 is 19.4 Å². The van der Waals surface area contributed by atoms with Crippen LogP contribution in [0.2, 0.25) is 0 Å². The molecule has 0 N–H and O–H groups in total. The second kappa shape index (κ2) is 44.0. The van der Waals surface area contributed by atoms with E-state index in [4.69, 9.17) is 72.5 Å². The molecular weight excluding hydrogens is 1800 g/mol. The zero-order chi connectivity index (χ0) is 98.4. The van der Waals surface area contributed by atoms with Crippen LogP contribution in [0, 0.1) is 127 Å². The first-order valence-corrected chi connectivity index (χ1v) is 48.7. The number of aliphatic imine (C=N–C) groups is 4. The standard InChI is InChI=1S/C29H24N6OS.2C26H26N6OS.C25H24N6OS/c1-17-6-8-20(9-7-17)14-23(36)15-24-28-34-33-19(3)35(28)29-26(18(2)25(37-29)16-30-4)27(32-24)21-10-12-22(31-5)13-11-21;2*1-15(2)7-12-20(33)13-21-25-31-30-17(4)32(25)26-23(16(3)22(34-26)14-27-5)24(29-21)18-8-10-19(28-6)11-9-18;1-6-7-8-19(32)13-20-24-30-29-16(3)31(24)25-22(15(2)21(33-25)14-26-4)23(28-20)17-9-11-18(27-5)12-10-17/h6-13,24H,14-16H2,1-3H3;2*8-11,15,21H,7,12-14H2,1-4H3;9-12,20H,6-8,13-14H2,1-3H3/t24-;2*21-;20-/m0000/s1. The topological polar surface area (TPSA) is 275 Å². The molecular formula is C106H100N24O4S4. The molecule has 0 saturated heterocycles. The Balaban J connectivity index is 0.000000147. The summed E-state index contributed by atoms with van der Waals surface area (Å²) in [6, 6.07) is 35.6. The number of rotatable bonds is 27. The number of carbonyl (C=O) groups excluding carboxylic acids is 4. The zero-order valence-electron chi connectivity index (χ0n) is 79.3. The van der Waals surface area contributed by atoms with Crippen LogP contribution in [0.15, 0.2) is 141 Å². The average molecular weight is 1900 g/mol. The van der Waals surface area contributed by atoms with E-state index in [1.807, 2.05) is 153 Å². The van der Waals surface area contributed by atoms with Gasteiger partial charge in [0.1, 0.15) is 90.6 Å². The average Bonchev–Trinajstić information content (AvgIpc) is 1.60. The van der Waals surface area contributed by atoms with Crippen molar-refractivity contribution in [2.45, 2.75) is 224 Å². The summed E-state index contributed by atoms with van der Waals surface area (Å²) in [5, 5.41) is 38.8. The molecule has 4 atom stereocenters. The lowest BCUT2D eigenvalue weighted by Gasteiger charge is -2.13. The van der Waals surface area contributed by atoms with Crippen LogP contribution in [-0.4, -0.2) is 105 Å². The molecule has 12 heterocycles. The Hall–Kier alpha value is -15.3. The van der Waals surface area contributed by atoms with Gasteiger partial charge in [0.2, 0.25) is 26.2 Å². The third kappa shape index (κ3) is 21.4. The van der Waals surface area contributed by atoms with Gasteiger partial charge in [0.25, 0.3) is 0 Å². The van der Waals surface area contributed by atoms with Gasteiger partial charge in [-0.2, -0.15) is 0 Å². The van der Waals surface area contributed by atoms with E-state index in [-0.39, 0.29) is 55.4 Å². The molecule has 0 amide bonds. The van der Waals surface area contributed by atoms with Gasteiger partial charge in [-0.25, -0.2) is 45.7 Å². The Bertz CT molecular complexity index is 7150. The quantitative estimate of drug-likeness (QED) is 0.0435. The number of fused-ring (bicyclic) bond motifs is 12. The van der Waals surface area contributed by atoms with Crippen LogP contribution in [-0.2, 0) is 51.8 Å². The van der Waals surface area contributed by atoms with Crippen molar-refractivity contribution < 1.29 is 19.2 Å². The molecule has 0 unspecified atom stereocenters. The summed E-state index contributed by atoms with van der Waals surface area (Å²) in [7, 11) is 0. The smallest absolute Gasteiger partial charge is 0.249 e. The summed E-state index contributed by atoms with van der Waals surface area (Å²) in [5.41, 5.74) is 18.7. The molecule has 5 aromatic carbocycles. The highest BCUT2D eigenvalue weighted by molar-refractivity contribution is 7.16. The molecule has 4 aliphatic heterocycles. The van der Waals surface area contributed by atoms with E-state index in [9.17, 15) is 19.2 Å². The molecule has 0 aliphatic carbocycles. The number of nitrogens with zero attached hydrogens (tertiary/aromatic N) is 24. The van der Waals surface area contributed by atoms with Crippen LogP contribution >= 0.6 is 45.3 Å². The van der Waals surface area contributed by atoms with Gasteiger partial charge in [0.05, 0.1) is 68.6 Å². The predicted molar refractivity (Wildman–Crippen MR) is 541 cm³/mol. The van der Waals surface area contributed by atoms with E-state index in [0.29, 0.717) is 109 Å². The van der Waals surface area contributed by atoms with Crippen LogP contribution in [0.3, 0.4) is 0 Å². The lowest BCUT2D eigenvalue weighted by Crippen LogP contribution is -2.13. The summed E-state index contributed by atoms with van der Waals surface area (Å²) in [6.07, 6.45) is 6.38. The monoisotopic (exact) mass is 1900 g/mol. The Labute approximate surface area is 819 Å². The molecule has 0 saturated carbocycles. The number of thiophene rings is 4. The molecule has 0 spiro atoms. The molecule has 692 valence electrons. The SMILES string of the molecule is [C-]#[N+]Cc1sc2c(c1C)C(c1ccc([N+]#[C-])cc1)=N[C@@H](CC(=O)CCC(C)C)c1nnc(C)n1-2.[C-]#[N+]Cc1sc2c(c1C)C(c1ccc([N+]#[C-])cc1)=N[C@@H](CC(=O)CCC(C)C)c1nnc(C)n1-2.[C-]#[N+]Cc1sc2c(c1C)C(c1ccc([N+]#[C-])cc1)=N[C@@H](CC(=O)CCCC)c1nnc(C)n1-2.[C-]#[N+]Cc1sc2c(c1C)C(c1ccc([N+]#[C-])cc1)=N[C@@H](CC(=O)Cc1ccc(C)cc1)c1nnc(C)n1-2. The van der Waals surface area contributed by atoms with Gasteiger partial charge >= 0.3 is 0 Å². The van der Waals surface area contributed by atoms with Gasteiger partial charge in [0.15, 0.2) is 46.0 Å². The highest BCUT2D eigenvalue weighted by atomic mass is 32.1. The molecule has 4 aliphatic rings. The van der Waals surface area contributed by atoms with E-state index < -0.39 is 24.2 Å². The minimum Gasteiger partial charge on any atom is -0.311 e. The summed E-state index contributed by atoms with van der Waals surface area (Å²) in [5.74, 6) is 6.95. The third-order valence-electron chi connectivity index (χ3n) is 24.4. The van der Waals surface area contributed by atoms with E-state index in [0.717, 1.165) is 183 Å². The summed E-state index contributed by atoms with van der Waals surface area (Å²) in [6.45, 7) is 88.1. The van der Waals surface area contributed by atoms with Crippen LogP contribution in [0.5, 0.6) is 0 Å². The van der Waals surface area contributed by atoms with Crippen molar-refractivity contribution in [1.82, 2.24) is 59.1 Å². The van der Waals surface area contributed by atoms with Gasteiger partial charge in [-0.1, -0.05) is 168 Å². The molecule has 138 heavy (non-hydrogen) atoms. The maximum atomic E-state index is 13.2. The number of hydrogen-bond acceptors (Lipinski definition) is 20. The van der Waals surface area contributed by atoms with Crippen molar-refractivity contribution in [3.8, 4) is 20.0 Å². The second-order valence-electron chi connectivity index (χ2n) is 35.1. The van der Waals surface area contributed by atoms with Crippen molar-refractivity contribution in [3.05, 3.63) is 357 Å². The zero-order valence-corrected chi connectivity index (χ0v) is 82.6. The molecule has 0 radical (unpaired) electrons. The van der Waals surface area contributed by atoms with Crippen molar-refractivity contribution in [1.29, 1.82) is 0 Å². The van der Waals surface area contributed by atoms with Crippen molar-refractivity contribution >= 4 is 114 Å². The first-order chi connectivity index (χ1) is 66.5. The fraction of sp³-hybridized carbons (Fsp3) is 0.340. The number of hydrogen-bond donors (Lipinski definition) is 0. The maximum absolute atomic E-state index is 13.2. The first kappa shape index (κ1) is 98.7. The number of Topliss-reactive ketones (excluding diaryl/α,β-unsaturated/α-hetero) is 4. The van der Waals surface area contributed by atoms with Crippen LogP contribution in [0.1, 0.15) is 273 Å². The largest absolute Gasteiger partial charge is 0.311 e. The number of ketones is 4. The summed E-state index contributed by atoms with van der Waals surface area (Å²) >= 11 is 6.22. The van der Waals surface area contributed by atoms with E-state index in [1.54, 1.807) is 93.9 Å². The molecule has 8 aromatic heterocycles. The van der Waals surface area contributed by atoms with E-state index in [2.05, 4.69) is 114 Å². The predicted octanol–water partition coefficient (Wildman–Crippen LogP) is 24.7. The fourth-order valence-corrected chi connectivity index (χ4v) is 22.1. The summed E-state index contributed by atoms with van der Waals surface area (Å²) < 4.78 is 8.01. The number of unbranched alkanes of at least 4 members (excludes halogenated alkanes) is 1. The normalized spacial score (nSPS) is 14.4. The molecule has 17 rings (SSSR count).